The SMILES string of the molecule is CNCCCC(=O)NCC(=O)N1CCC(Cc2ccccc2)CC1.Cl. The second-order valence-electron chi connectivity index (χ2n) is 6.50. The van der Waals surface area contributed by atoms with Crippen LogP contribution in [0.5, 0.6) is 0 Å². The van der Waals surface area contributed by atoms with Gasteiger partial charge in [-0.15, -0.1) is 12.4 Å². The van der Waals surface area contributed by atoms with Crippen molar-refractivity contribution in [1.82, 2.24) is 15.5 Å². The van der Waals surface area contributed by atoms with E-state index in [1.807, 2.05) is 18.0 Å². The number of likely N-dealkylation sites (tertiary alicyclic amines) is 1. The summed E-state index contributed by atoms with van der Waals surface area (Å²) >= 11 is 0. The van der Waals surface area contributed by atoms with Gasteiger partial charge in [0.1, 0.15) is 0 Å². The summed E-state index contributed by atoms with van der Waals surface area (Å²) in [6.07, 6.45) is 4.42. The summed E-state index contributed by atoms with van der Waals surface area (Å²) < 4.78 is 0. The van der Waals surface area contributed by atoms with Crippen molar-refractivity contribution < 1.29 is 9.59 Å². The highest BCUT2D eigenvalue weighted by Gasteiger charge is 2.22. The molecule has 2 rings (SSSR count). The molecule has 5 nitrogen and oxygen atoms in total. The summed E-state index contributed by atoms with van der Waals surface area (Å²) in [5.74, 6) is 0.639. The summed E-state index contributed by atoms with van der Waals surface area (Å²) in [5.41, 5.74) is 1.37. The lowest BCUT2D eigenvalue weighted by molar-refractivity contribution is -0.134. The van der Waals surface area contributed by atoms with Crippen LogP contribution in [0.15, 0.2) is 30.3 Å². The highest BCUT2D eigenvalue weighted by atomic mass is 35.5. The molecule has 0 unspecified atom stereocenters. The van der Waals surface area contributed by atoms with Crippen molar-refractivity contribution in [3.63, 3.8) is 0 Å². The van der Waals surface area contributed by atoms with Gasteiger partial charge in [0.25, 0.3) is 0 Å². The van der Waals surface area contributed by atoms with E-state index in [4.69, 9.17) is 0 Å². The number of hydrogen-bond acceptors (Lipinski definition) is 3. The molecule has 1 heterocycles. The minimum Gasteiger partial charge on any atom is -0.347 e. The number of nitrogens with one attached hydrogen (secondary N) is 2. The Morgan fingerprint density at radius 3 is 2.48 bits per heavy atom. The van der Waals surface area contributed by atoms with Gasteiger partial charge in [0.2, 0.25) is 11.8 Å². The standard InChI is InChI=1S/C19H29N3O2.ClH/c1-20-11-5-8-18(23)21-15-19(24)22-12-9-17(10-13-22)14-16-6-3-2-4-7-16;/h2-4,6-7,17,20H,5,8-15H2,1H3,(H,21,23);1H. The van der Waals surface area contributed by atoms with Gasteiger partial charge in [-0.2, -0.15) is 0 Å². The van der Waals surface area contributed by atoms with Crippen LogP contribution >= 0.6 is 12.4 Å². The smallest absolute Gasteiger partial charge is 0.241 e. The van der Waals surface area contributed by atoms with Crippen molar-refractivity contribution in [2.24, 2.45) is 5.92 Å². The molecular weight excluding hydrogens is 338 g/mol. The maximum Gasteiger partial charge on any atom is 0.241 e. The first-order valence-corrected chi connectivity index (χ1v) is 8.92. The summed E-state index contributed by atoms with van der Waals surface area (Å²) in [5, 5.41) is 5.74. The molecule has 0 aromatic heterocycles. The zero-order valence-electron chi connectivity index (χ0n) is 15.0. The van der Waals surface area contributed by atoms with Crippen LogP contribution in [0, 0.1) is 5.92 Å². The van der Waals surface area contributed by atoms with E-state index in [1.165, 1.54) is 5.56 Å². The van der Waals surface area contributed by atoms with Crippen molar-refractivity contribution in [2.45, 2.75) is 32.1 Å². The Kier molecular flexibility index (Phi) is 10.2. The molecule has 0 spiro atoms. The number of piperidine rings is 1. The number of carbonyl (C=O) groups is 2. The van der Waals surface area contributed by atoms with Crippen LogP contribution in [0.25, 0.3) is 0 Å². The van der Waals surface area contributed by atoms with E-state index in [2.05, 4.69) is 34.9 Å². The Bertz CT molecular complexity index is 517. The number of amides is 2. The van der Waals surface area contributed by atoms with Crippen LogP contribution in [-0.2, 0) is 16.0 Å². The largest absolute Gasteiger partial charge is 0.347 e. The number of rotatable bonds is 8. The summed E-state index contributed by atoms with van der Waals surface area (Å²) in [4.78, 5) is 25.7. The zero-order valence-corrected chi connectivity index (χ0v) is 15.8. The monoisotopic (exact) mass is 367 g/mol. The highest BCUT2D eigenvalue weighted by Crippen LogP contribution is 2.21. The molecule has 1 fully saturated rings. The van der Waals surface area contributed by atoms with Crippen LogP contribution < -0.4 is 10.6 Å². The van der Waals surface area contributed by atoms with Crippen LogP contribution in [0.2, 0.25) is 0 Å². The van der Waals surface area contributed by atoms with Gasteiger partial charge in [0, 0.05) is 19.5 Å². The molecule has 25 heavy (non-hydrogen) atoms. The third kappa shape index (κ3) is 7.88. The fourth-order valence-electron chi connectivity index (χ4n) is 3.13. The Labute approximate surface area is 157 Å². The first kappa shape index (κ1) is 21.5. The van der Waals surface area contributed by atoms with Crippen molar-refractivity contribution in [2.75, 3.05) is 33.2 Å². The van der Waals surface area contributed by atoms with E-state index in [9.17, 15) is 9.59 Å². The minimum atomic E-state index is -0.0439. The fourth-order valence-corrected chi connectivity index (χ4v) is 3.13. The number of hydrogen-bond donors (Lipinski definition) is 2. The van der Waals surface area contributed by atoms with Crippen LogP contribution in [0.1, 0.15) is 31.2 Å². The molecule has 1 aromatic carbocycles. The van der Waals surface area contributed by atoms with Crippen molar-refractivity contribution in [1.29, 1.82) is 0 Å². The van der Waals surface area contributed by atoms with E-state index >= 15 is 0 Å². The molecule has 6 heteroatoms. The quantitative estimate of drug-likeness (QED) is 0.691. The Morgan fingerprint density at radius 2 is 1.84 bits per heavy atom. The fraction of sp³-hybridized carbons (Fsp3) is 0.579. The molecule has 1 aliphatic heterocycles. The second kappa shape index (κ2) is 11.9. The molecule has 0 bridgehead atoms. The topological polar surface area (TPSA) is 61.4 Å². The average molecular weight is 368 g/mol. The molecule has 140 valence electrons. The Morgan fingerprint density at radius 1 is 1.16 bits per heavy atom. The molecule has 0 radical (unpaired) electrons. The number of halogens is 1. The lowest BCUT2D eigenvalue weighted by atomic mass is 9.90. The maximum absolute atomic E-state index is 12.2. The third-order valence-corrected chi connectivity index (χ3v) is 4.60. The van der Waals surface area contributed by atoms with Crippen LogP contribution in [0.3, 0.4) is 0 Å². The molecule has 0 atom stereocenters. The molecule has 1 aliphatic rings. The predicted octanol–water partition coefficient (Wildman–Crippen LogP) is 2.01. The van der Waals surface area contributed by atoms with E-state index in [0.29, 0.717) is 12.3 Å². The summed E-state index contributed by atoms with van der Waals surface area (Å²) in [6.45, 7) is 2.54. The van der Waals surface area contributed by atoms with E-state index in [1.54, 1.807) is 0 Å². The van der Waals surface area contributed by atoms with Gasteiger partial charge in [-0.25, -0.2) is 0 Å². The lowest BCUT2D eigenvalue weighted by Gasteiger charge is -2.32. The Hall–Kier alpha value is -1.59. The van der Waals surface area contributed by atoms with Gasteiger partial charge < -0.3 is 15.5 Å². The van der Waals surface area contributed by atoms with E-state index in [-0.39, 0.29) is 30.8 Å². The van der Waals surface area contributed by atoms with E-state index in [0.717, 1.165) is 45.3 Å². The summed E-state index contributed by atoms with van der Waals surface area (Å²) in [7, 11) is 1.86. The maximum atomic E-state index is 12.2. The predicted molar refractivity (Wildman–Crippen MR) is 103 cm³/mol. The summed E-state index contributed by atoms with van der Waals surface area (Å²) in [6, 6.07) is 10.5. The van der Waals surface area contributed by atoms with Gasteiger partial charge in [-0.3, -0.25) is 9.59 Å². The number of nitrogens with zero attached hydrogens (tertiary/aromatic N) is 1. The molecule has 1 saturated heterocycles. The first-order valence-electron chi connectivity index (χ1n) is 8.92. The van der Waals surface area contributed by atoms with Crippen LogP contribution in [-0.4, -0.2) is 49.9 Å². The molecule has 0 aliphatic carbocycles. The molecule has 2 N–H and O–H groups in total. The van der Waals surface area contributed by atoms with Crippen molar-refractivity contribution >= 4 is 24.2 Å². The molecule has 1 aromatic rings. The second-order valence-corrected chi connectivity index (χ2v) is 6.50. The number of carbonyl (C=O) groups excluding carboxylic acids is 2. The van der Waals surface area contributed by atoms with Crippen molar-refractivity contribution in [3.8, 4) is 0 Å². The van der Waals surface area contributed by atoms with Gasteiger partial charge in [-0.1, -0.05) is 30.3 Å². The van der Waals surface area contributed by atoms with Crippen molar-refractivity contribution in [3.05, 3.63) is 35.9 Å². The lowest BCUT2D eigenvalue weighted by Crippen LogP contribution is -2.44. The molecule has 2 amide bonds. The Balaban J connectivity index is 0.00000312. The average Bonchev–Trinajstić information content (AvgIpc) is 2.61. The third-order valence-electron chi connectivity index (χ3n) is 4.60. The van der Waals surface area contributed by atoms with Crippen LogP contribution in [0.4, 0.5) is 0 Å². The normalized spacial score (nSPS) is 14.7. The number of benzene rings is 1. The van der Waals surface area contributed by atoms with Gasteiger partial charge in [0.05, 0.1) is 6.54 Å². The first-order chi connectivity index (χ1) is 11.7. The minimum absolute atomic E-state index is 0. The van der Waals surface area contributed by atoms with Gasteiger partial charge >= 0.3 is 0 Å². The molecular formula is C19H30ClN3O2. The van der Waals surface area contributed by atoms with Gasteiger partial charge in [0.15, 0.2) is 0 Å². The highest BCUT2D eigenvalue weighted by molar-refractivity contribution is 5.85. The zero-order chi connectivity index (χ0) is 17.2. The van der Waals surface area contributed by atoms with Gasteiger partial charge in [-0.05, 0) is 50.8 Å². The molecule has 0 saturated carbocycles. The van der Waals surface area contributed by atoms with E-state index < -0.39 is 0 Å².